The van der Waals surface area contributed by atoms with Gasteiger partial charge >= 0.3 is 5.97 Å². The summed E-state index contributed by atoms with van der Waals surface area (Å²) in [6.07, 6.45) is -0.398. The van der Waals surface area contributed by atoms with E-state index < -0.39 is 34.7 Å². The van der Waals surface area contributed by atoms with E-state index in [4.69, 9.17) is 21.1 Å². The highest BCUT2D eigenvalue weighted by molar-refractivity contribution is 9.10. The summed E-state index contributed by atoms with van der Waals surface area (Å²) in [6.45, 7) is 4.70. The number of carbonyl (C=O) groups is 1. The number of halogens is 2. The first-order chi connectivity index (χ1) is 12.7. The largest absolute Gasteiger partial charge is 0.479 e. The van der Waals surface area contributed by atoms with Crippen LogP contribution in [-0.2, 0) is 9.53 Å². The number of aliphatic hydroxyl groups is 3. The third-order valence-electron chi connectivity index (χ3n) is 5.90. The van der Waals surface area contributed by atoms with Crippen molar-refractivity contribution in [1.29, 1.82) is 0 Å². The molecular formula is C18H21BrClNO7. The molecule has 1 fully saturated rings. The van der Waals surface area contributed by atoms with Gasteiger partial charge in [0.15, 0.2) is 11.7 Å². The number of aromatic nitrogens is 1. The molecule has 2 heterocycles. The van der Waals surface area contributed by atoms with Crippen molar-refractivity contribution in [3.8, 4) is 5.75 Å². The minimum atomic E-state index is -2.31. The van der Waals surface area contributed by atoms with Crippen LogP contribution < -0.4 is 4.74 Å². The van der Waals surface area contributed by atoms with Gasteiger partial charge in [-0.25, -0.2) is 4.79 Å². The molecule has 1 aromatic heterocycles. The fraction of sp³-hybridized carbons (Fsp3) is 0.500. The maximum Gasteiger partial charge on any atom is 0.336 e. The third kappa shape index (κ3) is 2.68. The van der Waals surface area contributed by atoms with Crippen LogP contribution in [0.1, 0.15) is 27.7 Å². The van der Waals surface area contributed by atoms with Crippen molar-refractivity contribution in [2.75, 3.05) is 0 Å². The van der Waals surface area contributed by atoms with E-state index in [-0.39, 0.29) is 5.75 Å². The number of nitrogens with one attached hydrogen (secondary N) is 1. The van der Waals surface area contributed by atoms with Gasteiger partial charge in [0.05, 0.1) is 15.9 Å². The zero-order valence-corrected chi connectivity index (χ0v) is 17.9. The molecule has 0 spiro atoms. The normalized spacial score (nSPS) is 38.5. The molecule has 0 bridgehead atoms. The highest BCUT2D eigenvalue weighted by atomic mass is 79.9. The second kappa shape index (κ2) is 6.32. The van der Waals surface area contributed by atoms with Crippen LogP contribution in [0.5, 0.6) is 5.75 Å². The molecule has 5 N–H and O–H groups in total. The monoisotopic (exact) mass is 477 g/mol. The van der Waals surface area contributed by atoms with Gasteiger partial charge in [0.25, 0.3) is 0 Å². The van der Waals surface area contributed by atoms with Crippen LogP contribution in [0.25, 0.3) is 10.9 Å². The van der Waals surface area contributed by atoms with Gasteiger partial charge in [-0.1, -0.05) is 11.6 Å². The van der Waals surface area contributed by atoms with Crippen LogP contribution >= 0.6 is 27.5 Å². The summed E-state index contributed by atoms with van der Waals surface area (Å²) >= 11 is 9.68. The van der Waals surface area contributed by atoms with E-state index in [2.05, 4.69) is 20.9 Å². The number of benzene rings is 1. The molecule has 28 heavy (non-hydrogen) atoms. The first-order valence-corrected chi connectivity index (χ1v) is 9.56. The molecule has 2 aromatic rings. The van der Waals surface area contributed by atoms with Crippen molar-refractivity contribution in [2.24, 2.45) is 0 Å². The Hall–Kier alpha value is -1.36. The first kappa shape index (κ1) is 21.4. The zero-order chi connectivity index (χ0) is 21.3. The lowest BCUT2D eigenvalue weighted by Crippen LogP contribution is -2.82. The first-order valence-electron chi connectivity index (χ1n) is 8.39. The summed E-state index contributed by atoms with van der Waals surface area (Å²) in [5.41, 5.74) is -6.22. The maximum atomic E-state index is 11.7. The number of aromatic amines is 1. The van der Waals surface area contributed by atoms with E-state index in [0.717, 1.165) is 13.8 Å². The highest BCUT2D eigenvalue weighted by Gasteiger charge is 2.73. The number of H-pyrrole nitrogens is 1. The second-order valence-electron chi connectivity index (χ2n) is 7.61. The number of aliphatic carboxylic acids is 1. The molecule has 0 amide bonds. The number of hydrogen-bond acceptors (Lipinski definition) is 6. The summed E-state index contributed by atoms with van der Waals surface area (Å²) < 4.78 is 12.1. The molecule has 0 aliphatic carbocycles. The molecule has 8 nitrogen and oxygen atoms in total. The predicted octanol–water partition coefficient (Wildman–Crippen LogP) is 2.42. The van der Waals surface area contributed by atoms with Gasteiger partial charge in [-0.15, -0.1) is 0 Å². The Morgan fingerprint density at radius 1 is 1.21 bits per heavy atom. The van der Waals surface area contributed by atoms with E-state index >= 15 is 0 Å². The summed E-state index contributed by atoms with van der Waals surface area (Å²) in [5.74, 6) is -3.40. The average molecular weight is 479 g/mol. The molecule has 10 heteroatoms. The lowest BCUT2D eigenvalue weighted by molar-refractivity contribution is -0.407. The Kier molecular flexibility index (Phi) is 4.82. The fourth-order valence-corrected chi connectivity index (χ4v) is 4.06. The van der Waals surface area contributed by atoms with E-state index in [0.29, 0.717) is 20.4 Å². The number of rotatable bonds is 3. The molecule has 154 valence electrons. The number of ether oxygens (including phenoxy) is 2. The SMILES string of the molecule is C[C@@]1(Oc2c[nH]c3ccc(Br)c(Cl)c23)O[C@@H](C(=O)O)[C@@](C)(O)[C@](C)(O)[C@]1(C)O. The highest BCUT2D eigenvalue weighted by Crippen LogP contribution is 2.50. The molecule has 1 aliphatic rings. The van der Waals surface area contributed by atoms with Crippen LogP contribution in [0.4, 0.5) is 0 Å². The fourth-order valence-electron chi connectivity index (χ4n) is 3.48. The van der Waals surface area contributed by atoms with Crippen molar-refractivity contribution >= 4 is 44.4 Å². The molecule has 0 radical (unpaired) electrons. The molecule has 1 aromatic carbocycles. The maximum absolute atomic E-state index is 11.7. The van der Waals surface area contributed by atoms with Gasteiger partial charge < -0.3 is 34.9 Å². The number of fused-ring (bicyclic) bond motifs is 1. The van der Waals surface area contributed by atoms with E-state index in [9.17, 15) is 25.2 Å². The van der Waals surface area contributed by atoms with Gasteiger partial charge in [0.1, 0.15) is 17.0 Å². The van der Waals surface area contributed by atoms with Gasteiger partial charge in [0.2, 0.25) is 5.79 Å². The number of carboxylic acids is 1. The lowest BCUT2D eigenvalue weighted by Gasteiger charge is -2.60. The summed E-state index contributed by atoms with van der Waals surface area (Å²) in [6, 6.07) is 3.49. The minimum Gasteiger partial charge on any atom is -0.479 e. The van der Waals surface area contributed by atoms with Crippen LogP contribution in [0.15, 0.2) is 22.8 Å². The van der Waals surface area contributed by atoms with Crippen molar-refractivity contribution < 1.29 is 34.7 Å². The van der Waals surface area contributed by atoms with Crippen LogP contribution in [0.3, 0.4) is 0 Å². The van der Waals surface area contributed by atoms with Crippen LogP contribution in [0.2, 0.25) is 5.02 Å². The molecule has 3 rings (SSSR count). The zero-order valence-electron chi connectivity index (χ0n) is 15.6. The van der Waals surface area contributed by atoms with Crippen LogP contribution in [-0.4, -0.2) is 60.1 Å². The van der Waals surface area contributed by atoms with Gasteiger partial charge in [0, 0.05) is 17.6 Å². The Bertz CT molecular complexity index is 955. The molecule has 0 saturated carbocycles. The lowest BCUT2D eigenvalue weighted by atomic mass is 9.65. The Labute approximate surface area is 174 Å². The predicted molar refractivity (Wildman–Crippen MR) is 104 cm³/mol. The van der Waals surface area contributed by atoms with Crippen LogP contribution in [0, 0.1) is 0 Å². The Morgan fingerprint density at radius 3 is 2.39 bits per heavy atom. The van der Waals surface area contributed by atoms with E-state index in [1.54, 1.807) is 12.1 Å². The minimum absolute atomic E-state index is 0.172. The summed E-state index contributed by atoms with van der Waals surface area (Å²) in [7, 11) is 0. The smallest absolute Gasteiger partial charge is 0.336 e. The Morgan fingerprint density at radius 2 is 1.82 bits per heavy atom. The molecule has 1 aliphatic heterocycles. The molecular weight excluding hydrogens is 458 g/mol. The quantitative estimate of drug-likeness (QED) is 0.458. The standard InChI is InChI=1S/C18H21BrClNO7/c1-15(24)13(14(22)23)28-18(4,17(3,26)16(15,2)25)27-10-7-21-9-6-5-8(19)12(20)11(9)10/h5-7,13,21,24-26H,1-4H3,(H,22,23)/t13-,15+,16-,17-,18+/m0/s1. The Balaban J connectivity index is 2.15. The summed E-state index contributed by atoms with van der Waals surface area (Å²) in [5, 5.41) is 43.1. The van der Waals surface area contributed by atoms with Crippen molar-refractivity contribution in [3.05, 3.63) is 27.8 Å². The van der Waals surface area contributed by atoms with Gasteiger partial charge in [-0.3, -0.25) is 0 Å². The third-order valence-corrected chi connectivity index (χ3v) is 7.18. The van der Waals surface area contributed by atoms with Crippen molar-refractivity contribution in [2.45, 2.75) is 56.4 Å². The molecule has 1 saturated heterocycles. The van der Waals surface area contributed by atoms with Crippen molar-refractivity contribution in [3.63, 3.8) is 0 Å². The molecule has 5 atom stereocenters. The van der Waals surface area contributed by atoms with Gasteiger partial charge in [-0.2, -0.15) is 0 Å². The second-order valence-corrected chi connectivity index (χ2v) is 8.85. The number of carboxylic acid groups (broad SMARTS) is 1. The number of hydrogen-bond donors (Lipinski definition) is 5. The van der Waals surface area contributed by atoms with Crippen molar-refractivity contribution in [1.82, 2.24) is 4.98 Å². The van der Waals surface area contributed by atoms with E-state index in [1.165, 1.54) is 20.0 Å². The molecule has 0 unspecified atom stereocenters. The van der Waals surface area contributed by atoms with Gasteiger partial charge in [-0.05, 0) is 48.8 Å². The van der Waals surface area contributed by atoms with E-state index in [1.807, 2.05) is 0 Å². The summed E-state index contributed by atoms with van der Waals surface area (Å²) in [4.78, 5) is 14.7. The average Bonchev–Trinajstić information content (AvgIpc) is 2.97. The topological polar surface area (TPSA) is 132 Å².